The van der Waals surface area contributed by atoms with E-state index in [0.717, 1.165) is 72.8 Å². The largest absolute Gasteiger partial charge is 0.456 e. The number of fused-ring (bicyclic) bond motifs is 8. The molecule has 0 bridgehead atoms. The van der Waals surface area contributed by atoms with Crippen LogP contribution in [-0.4, -0.2) is 0 Å². The van der Waals surface area contributed by atoms with Gasteiger partial charge < -0.3 is 14.2 Å². The normalized spacial score (nSPS) is 11.8. The Kier molecular flexibility index (Phi) is 8.76. The van der Waals surface area contributed by atoms with Crippen LogP contribution in [0.4, 0.5) is 34.1 Å². The van der Waals surface area contributed by atoms with E-state index in [2.05, 4.69) is 252 Å². The van der Waals surface area contributed by atoms with Gasteiger partial charge in [0.05, 0.1) is 0 Å². The maximum absolute atomic E-state index is 6.75. The third-order valence-corrected chi connectivity index (χ3v) is 14.9. The number of nitrogens with zero attached hydrogens (tertiary/aromatic N) is 2. The van der Waals surface area contributed by atoms with Crippen LogP contribution in [0.5, 0.6) is 0 Å². The predicted octanol–water partition coefficient (Wildman–Crippen LogP) is 19.1. The number of hydrogen-bond donors (Lipinski definition) is 0. The average Bonchev–Trinajstić information content (AvgIpc) is 3.98. The molecule has 318 valence electrons. The minimum atomic E-state index is 0.843. The maximum atomic E-state index is 6.75. The highest BCUT2D eigenvalue weighted by atomic mass is 32.1. The van der Waals surface area contributed by atoms with Gasteiger partial charge in [0.15, 0.2) is 0 Å². The van der Waals surface area contributed by atoms with Crippen LogP contribution in [0.3, 0.4) is 0 Å². The van der Waals surface area contributed by atoms with Crippen molar-refractivity contribution in [2.45, 2.75) is 0 Å². The maximum Gasteiger partial charge on any atom is 0.137 e. The van der Waals surface area contributed by atoms with Gasteiger partial charge in [-0.05, 0) is 140 Å². The first-order valence-corrected chi connectivity index (χ1v) is 24.0. The van der Waals surface area contributed by atoms with Crippen LogP contribution in [0.2, 0.25) is 0 Å². The van der Waals surface area contributed by atoms with Crippen LogP contribution < -0.4 is 9.80 Å². The highest BCUT2D eigenvalue weighted by molar-refractivity contribution is 7.27. The lowest BCUT2D eigenvalue weighted by atomic mass is 9.91. The zero-order valence-electron chi connectivity index (χ0n) is 36.8. The molecule has 0 amide bonds. The van der Waals surface area contributed by atoms with Gasteiger partial charge in [0.25, 0.3) is 0 Å². The lowest BCUT2D eigenvalue weighted by molar-refractivity contribution is 0.669. The molecule has 0 fully saturated rings. The zero-order chi connectivity index (χ0) is 44.7. The molecule has 0 unspecified atom stereocenters. The molecule has 0 saturated heterocycles. The molecule has 0 N–H and O–H groups in total. The van der Waals surface area contributed by atoms with Crippen LogP contribution in [0.25, 0.3) is 96.7 Å². The van der Waals surface area contributed by atoms with Gasteiger partial charge in [0, 0.05) is 76.5 Å². The molecule has 0 aliphatic carbocycles. The van der Waals surface area contributed by atoms with E-state index in [0.29, 0.717) is 0 Å². The van der Waals surface area contributed by atoms with Crippen molar-refractivity contribution in [3.05, 3.63) is 243 Å². The van der Waals surface area contributed by atoms with E-state index < -0.39 is 0 Å². The van der Waals surface area contributed by atoms with Crippen molar-refractivity contribution in [3.8, 4) is 22.3 Å². The van der Waals surface area contributed by atoms with Crippen molar-refractivity contribution in [2.75, 3.05) is 9.80 Å². The van der Waals surface area contributed by atoms with E-state index in [1.807, 2.05) is 11.3 Å². The predicted molar refractivity (Wildman–Crippen MR) is 291 cm³/mol. The van der Waals surface area contributed by atoms with E-state index in [-0.39, 0.29) is 0 Å². The molecule has 0 saturated carbocycles. The van der Waals surface area contributed by atoms with Gasteiger partial charge >= 0.3 is 0 Å². The Balaban J connectivity index is 1.01. The minimum absolute atomic E-state index is 0.843. The van der Waals surface area contributed by atoms with Crippen LogP contribution in [0.15, 0.2) is 247 Å². The number of para-hydroxylation sites is 3. The molecule has 0 spiro atoms. The molecule has 0 aliphatic rings. The van der Waals surface area contributed by atoms with Crippen LogP contribution in [0, 0.1) is 0 Å². The summed E-state index contributed by atoms with van der Waals surface area (Å²) in [6.45, 7) is 0. The Labute approximate surface area is 396 Å². The van der Waals surface area contributed by atoms with E-state index in [1.54, 1.807) is 0 Å². The Morgan fingerprint density at radius 2 is 0.809 bits per heavy atom. The second kappa shape index (κ2) is 15.5. The fourth-order valence-corrected chi connectivity index (χ4v) is 11.9. The molecular weight excluding hydrogens is 845 g/mol. The highest BCUT2D eigenvalue weighted by Gasteiger charge is 2.22. The van der Waals surface area contributed by atoms with Crippen molar-refractivity contribution < 1.29 is 4.42 Å². The van der Waals surface area contributed by atoms with Gasteiger partial charge in [-0.3, -0.25) is 0 Å². The summed E-state index contributed by atoms with van der Waals surface area (Å²) < 4.78 is 9.38. The fraction of sp³-hybridized carbons (Fsp3) is 0. The summed E-state index contributed by atoms with van der Waals surface area (Å²) in [7, 11) is 0. The number of rotatable bonds is 8. The molecule has 12 aromatic carbocycles. The lowest BCUT2D eigenvalue weighted by Gasteiger charge is -2.30. The third kappa shape index (κ3) is 6.19. The Morgan fingerprint density at radius 1 is 0.279 bits per heavy atom. The standard InChI is InChI=1S/C64H40N2OS/c1-5-15-41(16-6-1)45-29-32-53-54-33-31-50(40-59(54)67-58(53)38-45)66(49-23-11-4-12-24-49)52-36-46(35-51(39-52)65(47-19-7-2-8-20-47)48-21-9-3-10-22-48)44-30-34-60-57(37-44)63-55-25-13-17-42-27-28-43-18-14-26-56(64(63)68-60)62(43)61(42)55/h1-40H. The number of furan rings is 1. The number of anilines is 6. The summed E-state index contributed by atoms with van der Waals surface area (Å²) in [4.78, 5) is 4.73. The molecule has 3 nitrogen and oxygen atoms in total. The Hall–Kier alpha value is -8.70. The van der Waals surface area contributed by atoms with Crippen molar-refractivity contribution in [1.29, 1.82) is 0 Å². The molecule has 2 heterocycles. The molecule has 2 aromatic heterocycles. The Morgan fingerprint density at radius 3 is 1.46 bits per heavy atom. The molecule has 68 heavy (non-hydrogen) atoms. The van der Waals surface area contributed by atoms with Gasteiger partial charge in [-0.15, -0.1) is 11.3 Å². The topological polar surface area (TPSA) is 19.6 Å². The molecule has 0 radical (unpaired) electrons. The van der Waals surface area contributed by atoms with Gasteiger partial charge in [-0.25, -0.2) is 0 Å². The van der Waals surface area contributed by atoms with Crippen LogP contribution in [-0.2, 0) is 0 Å². The summed E-state index contributed by atoms with van der Waals surface area (Å²) in [5, 5.41) is 12.7. The zero-order valence-corrected chi connectivity index (χ0v) is 37.6. The summed E-state index contributed by atoms with van der Waals surface area (Å²) >= 11 is 1.91. The van der Waals surface area contributed by atoms with Crippen molar-refractivity contribution in [1.82, 2.24) is 0 Å². The van der Waals surface area contributed by atoms with E-state index >= 15 is 0 Å². The molecule has 4 heteroatoms. The van der Waals surface area contributed by atoms with E-state index in [4.69, 9.17) is 4.42 Å². The summed E-state index contributed by atoms with van der Waals surface area (Å²) in [6.07, 6.45) is 0. The number of thiophene rings is 1. The first-order valence-electron chi connectivity index (χ1n) is 23.1. The molecule has 14 rings (SSSR count). The van der Waals surface area contributed by atoms with Gasteiger partial charge in [0.2, 0.25) is 0 Å². The van der Waals surface area contributed by atoms with Crippen LogP contribution >= 0.6 is 11.3 Å². The molecule has 0 atom stereocenters. The Bertz CT molecular complexity index is 4160. The van der Waals surface area contributed by atoms with Crippen LogP contribution in [0.1, 0.15) is 0 Å². The van der Waals surface area contributed by atoms with E-state index in [9.17, 15) is 0 Å². The fourth-order valence-electron chi connectivity index (χ4n) is 10.6. The summed E-state index contributed by atoms with van der Waals surface area (Å²) in [5.41, 5.74) is 12.6. The first kappa shape index (κ1) is 38.6. The smallest absolute Gasteiger partial charge is 0.137 e. The van der Waals surface area contributed by atoms with Gasteiger partial charge in [-0.2, -0.15) is 0 Å². The highest BCUT2D eigenvalue weighted by Crippen LogP contribution is 2.49. The van der Waals surface area contributed by atoms with Gasteiger partial charge in [0.1, 0.15) is 11.2 Å². The average molecular weight is 885 g/mol. The second-order valence-corrected chi connectivity index (χ2v) is 18.7. The number of benzene rings is 12. The quantitative estimate of drug-likeness (QED) is 0.142. The molecular formula is C64H40N2OS. The summed E-state index contributed by atoms with van der Waals surface area (Å²) in [5.74, 6) is 0. The van der Waals surface area contributed by atoms with Crippen molar-refractivity contribution in [2.24, 2.45) is 0 Å². The van der Waals surface area contributed by atoms with Crippen molar-refractivity contribution in [3.63, 3.8) is 0 Å². The minimum Gasteiger partial charge on any atom is -0.456 e. The second-order valence-electron chi connectivity index (χ2n) is 17.7. The van der Waals surface area contributed by atoms with Gasteiger partial charge in [-0.1, -0.05) is 146 Å². The van der Waals surface area contributed by atoms with Crippen molar-refractivity contribution >= 4 is 120 Å². The monoisotopic (exact) mass is 884 g/mol. The molecule has 0 aliphatic heterocycles. The molecule has 14 aromatic rings. The number of hydrogen-bond acceptors (Lipinski definition) is 4. The first-order chi connectivity index (χ1) is 33.7. The SMILES string of the molecule is c1ccc(-c2ccc3c(c2)oc2cc(N(c4ccccc4)c4cc(-c5ccc6sc7c8cccc9ccc%10cccc(c7c6c5)c%10c98)cc(N(c5ccccc5)c5ccccc5)c4)ccc23)cc1. The third-order valence-electron chi connectivity index (χ3n) is 13.7. The van der Waals surface area contributed by atoms with E-state index in [1.165, 1.54) is 58.1 Å². The lowest BCUT2D eigenvalue weighted by Crippen LogP contribution is -2.13. The summed E-state index contributed by atoms with van der Waals surface area (Å²) in [6, 6.07) is 88.0.